The van der Waals surface area contributed by atoms with Gasteiger partial charge in [0.1, 0.15) is 5.75 Å². The van der Waals surface area contributed by atoms with Crippen LogP contribution in [0.4, 0.5) is 30.4 Å². The number of carbonyl (C=O) groups is 4. The highest BCUT2D eigenvalue weighted by Crippen LogP contribution is 2.65. The molecule has 316 valence electrons. The number of hydrogen-bond donors (Lipinski definition) is 2. The number of fused-ring (bicyclic) bond motifs is 5. The third-order valence-electron chi connectivity index (χ3n) is 13.3. The van der Waals surface area contributed by atoms with Gasteiger partial charge in [0, 0.05) is 46.9 Å². The minimum atomic E-state index is -4.76. The van der Waals surface area contributed by atoms with E-state index >= 15 is 9.59 Å². The monoisotopic (exact) mass is 881 g/mol. The number of hydrazine groups is 1. The summed E-state index contributed by atoms with van der Waals surface area (Å²) < 4.78 is 46.3. The van der Waals surface area contributed by atoms with E-state index in [1.165, 1.54) is 4.90 Å². The number of aromatic nitrogens is 1. The first-order chi connectivity index (χ1) is 29.8. The van der Waals surface area contributed by atoms with Crippen molar-refractivity contribution in [3.63, 3.8) is 0 Å². The van der Waals surface area contributed by atoms with E-state index < -0.39 is 69.5 Å². The van der Waals surface area contributed by atoms with E-state index in [1.54, 1.807) is 60.7 Å². The second kappa shape index (κ2) is 14.8. The number of carbonyl (C=O) groups excluding carboxylic acids is 4. The van der Waals surface area contributed by atoms with E-state index in [9.17, 15) is 27.9 Å². The molecule has 6 unspecified atom stereocenters. The minimum Gasteiger partial charge on any atom is -0.507 e. The summed E-state index contributed by atoms with van der Waals surface area (Å²) in [6.07, 6.45) is -2.27. The van der Waals surface area contributed by atoms with Crippen molar-refractivity contribution < 1.29 is 42.2 Å². The normalized spacial score (nSPS) is 26.1. The van der Waals surface area contributed by atoms with Crippen LogP contribution in [-0.2, 0) is 35.5 Å². The molecule has 4 heterocycles. The van der Waals surface area contributed by atoms with Gasteiger partial charge in [-0.1, -0.05) is 83.4 Å². The molecule has 4 aromatic carbocycles. The lowest BCUT2D eigenvalue weighted by molar-refractivity contribution is -0.139. The first kappa shape index (κ1) is 40.1. The third kappa shape index (κ3) is 6.09. The zero-order valence-corrected chi connectivity index (χ0v) is 34.1. The van der Waals surface area contributed by atoms with Gasteiger partial charge in [0.05, 0.1) is 52.7 Å². The summed E-state index contributed by atoms with van der Waals surface area (Å²) in [6.45, 7) is 2.58. The molecule has 3 aliphatic heterocycles. The lowest BCUT2D eigenvalue weighted by atomic mass is 9.49. The van der Waals surface area contributed by atoms with Crippen LogP contribution < -0.4 is 15.2 Å². The fourth-order valence-electron chi connectivity index (χ4n) is 10.5. The van der Waals surface area contributed by atoms with Crippen molar-refractivity contribution in [2.75, 3.05) is 41.5 Å². The first-order valence-corrected chi connectivity index (χ1v) is 20.9. The molecule has 1 saturated carbocycles. The number of ether oxygens (including phenoxy) is 1. The van der Waals surface area contributed by atoms with E-state index in [-0.39, 0.29) is 30.3 Å². The maximum absolute atomic E-state index is 15.6. The number of amides is 4. The molecule has 0 spiro atoms. The Morgan fingerprint density at radius 1 is 0.839 bits per heavy atom. The maximum atomic E-state index is 15.6. The van der Waals surface area contributed by atoms with Crippen molar-refractivity contribution in [2.45, 2.75) is 30.4 Å². The van der Waals surface area contributed by atoms with Crippen LogP contribution in [0.3, 0.4) is 0 Å². The van der Waals surface area contributed by atoms with Gasteiger partial charge in [0.25, 0.3) is 11.8 Å². The molecule has 2 aliphatic carbocycles. The van der Waals surface area contributed by atoms with Gasteiger partial charge in [-0.15, -0.1) is 0 Å². The standard InChI is InChI=1S/C46H36Cl2F3N5O6/c47-27-8-6-25(7-9-27)45-35(42(59)56(44(45)61)53-40-36(48)21-26(23-52-40)46(49,50)51)22-34-31(38(45)33-14-5-24-3-1-2-4-30(24)39(33)57)15-16-32-37(34)43(60)55(41(32)58)29-12-10-28(11-13-29)54-17-19-62-20-18-54/h1-15,21,23,32,34-35,37-38,57H,16-20,22H2,(H,52,53). The number of alkyl halides is 3. The highest BCUT2D eigenvalue weighted by atomic mass is 35.5. The van der Waals surface area contributed by atoms with Gasteiger partial charge < -0.3 is 14.7 Å². The number of halogens is 5. The number of imide groups is 2. The zero-order valence-electron chi connectivity index (χ0n) is 32.6. The van der Waals surface area contributed by atoms with Crippen LogP contribution in [0.15, 0.2) is 109 Å². The molecule has 4 amide bonds. The van der Waals surface area contributed by atoms with Gasteiger partial charge in [-0.25, -0.2) is 4.98 Å². The van der Waals surface area contributed by atoms with E-state index in [1.807, 2.05) is 30.3 Å². The number of benzene rings is 4. The Morgan fingerprint density at radius 3 is 2.26 bits per heavy atom. The maximum Gasteiger partial charge on any atom is 0.417 e. The van der Waals surface area contributed by atoms with E-state index in [0.717, 1.165) is 10.7 Å². The summed E-state index contributed by atoms with van der Waals surface area (Å²) in [5.74, 6) is -7.68. The molecule has 0 radical (unpaired) electrons. The average molecular weight is 883 g/mol. The topological polar surface area (TPSA) is 132 Å². The molecule has 3 saturated heterocycles. The summed E-state index contributed by atoms with van der Waals surface area (Å²) in [4.78, 5) is 67.1. The molecule has 16 heteroatoms. The Bertz CT molecular complexity index is 2730. The number of pyridine rings is 1. The smallest absolute Gasteiger partial charge is 0.417 e. The molecule has 11 nitrogen and oxygen atoms in total. The van der Waals surface area contributed by atoms with E-state index in [2.05, 4.69) is 15.3 Å². The molecule has 62 heavy (non-hydrogen) atoms. The predicted molar refractivity (Wildman–Crippen MR) is 224 cm³/mol. The molecular weight excluding hydrogens is 846 g/mol. The van der Waals surface area contributed by atoms with E-state index in [0.29, 0.717) is 76.7 Å². The second-order valence-corrected chi connectivity index (χ2v) is 17.1. The van der Waals surface area contributed by atoms with Gasteiger partial charge in [-0.05, 0) is 72.2 Å². The van der Waals surface area contributed by atoms with Crippen LogP contribution >= 0.6 is 23.2 Å². The number of phenolic OH excluding ortho intramolecular Hbond substituents is 1. The predicted octanol–water partition coefficient (Wildman–Crippen LogP) is 8.29. The number of aromatic hydroxyl groups is 1. The molecule has 4 fully saturated rings. The van der Waals surface area contributed by atoms with Crippen LogP contribution in [0, 0.1) is 23.7 Å². The Labute approximate surface area is 362 Å². The molecule has 1 aromatic heterocycles. The van der Waals surface area contributed by atoms with Crippen LogP contribution in [0.2, 0.25) is 10.0 Å². The molecule has 6 atom stereocenters. The molecule has 5 aromatic rings. The van der Waals surface area contributed by atoms with Gasteiger partial charge in [-0.2, -0.15) is 18.2 Å². The van der Waals surface area contributed by atoms with Crippen molar-refractivity contribution in [3.8, 4) is 5.75 Å². The second-order valence-electron chi connectivity index (χ2n) is 16.3. The number of nitrogens with zero attached hydrogens (tertiary/aromatic N) is 4. The van der Waals surface area contributed by atoms with Gasteiger partial charge in [0.2, 0.25) is 11.8 Å². The number of rotatable bonds is 6. The number of nitrogens with one attached hydrogen (secondary N) is 1. The number of phenols is 1. The lowest BCUT2D eigenvalue weighted by Gasteiger charge is -2.50. The van der Waals surface area contributed by atoms with Gasteiger partial charge in [-0.3, -0.25) is 29.5 Å². The number of anilines is 3. The summed E-state index contributed by atoms with van der Waals surface area (Å²) in [6, 6.07) is 25.0. The average Bonchev–Trinajstić information content (AvgIpc) is 3.65. The Morgan fingerprint density at radius 2 is 1.55 bits per heavy atom. The van der Waals surface area contributed by atoms with Crippen molar-refractivity contribution in [3.05, 3.63) is 136 Å². The molecule has 2 N–H and O–H groups in total. The van der Waals surface area contributed by atoms with E-state index in [4.69, 9.17) is 27.9 Å². The van der Waals surface area contributed by atoms with Crippen molar-refractivity contribution >= 4 is 74.8 Å². The van der Waals surface area contributed by atoms with Crippen LogP contribution in [-0.4, -0.2) is 65.0 Å². The first-order valence-electron chi connectivity index (χ1n) is 20.1. The number of allylic oxidation sites excluding steroid dienone is 2. The summed E-state index contributed by atoms with van der Waals surface area (Å²) in [7, 11) is 0. The Balaban J connectivity index is 1.12. The fraction of sp³-hybridized carbons (Fsp3) is 0.283. The van der Waals surface area contributed by atoms with Gasteiger partial charge >= 0.3 is 6.18 Å². The summed E-state index contributed by atoms with van der Waals surface area (Å²) in [5, 5.41) is 14.0. The van der Waals surface area contributed by atoms with Crippen molar-refractivity contribution in [1.29, 1.82) is 0 Å². The largest absolute Gasteiger partial charge is 0.507 e. The van der Waals surface area contributed by atoms with Crippen molar-refractivity contribution in [1.82, 2.24) is 9.99 Å². The van der Waals surface area contributed by atoms with Crippen LogP contribution in [0.1, 0.15) is 35.4 Å². The lowest BCUT2D eigenvalue weighted by Crippen LogP contribution is -2.53. The van der Waals surface area contributed by atoms with Crippen LogP contribution in [0.5, 0.6) is 5.75 Å². The quantitative estimate of drug-likeness (QED) is 0.128. The zero-order chi connectivity index (χ0) is 43.2. The molecule has 0 bridgehead atoms. The van der Waals surface area contributed by atoms with Crippen molar-refractivity contribution in [2.24, 2.45) is 23.7 Å². The molecular formula is C46H36Cl2F3N5O6. The van der Waals surface area contributed by atoms with Crippen LogP contribution in [0.25, 0.3) is 10.8 Å². The number of morpholine rings is 1. The van der Waals surface area contributed by atoms with Gasteiger partial charge in [0.15, 0.2) is 5.82 Å². The fourth-order valence-corrected chi connectivity index (χ4v) is 10.9. The minimum absolute atomic E-state index is 0.0692. The highest BCUT2D eigenvalue weighted by Gasteiger charge is 2.71. The molecule has 10 rings (SSSR count). The Kier molecular flexibility index (Phi) is 9.61. The molecule has 5 aliphatic rings. The Hall–Kier alpha value is -5.96. The number of hydrogen-bond acceptors (Lipinski definition) is 9. The third-order valence-corrected chi connectivity index (χ3v) is 13.8. The SMILES string of the molecule is O=C1C2CC3C(=CCC4C(=O)N(c5ccc(N6CCOCC6)cc5)C(=O)C43)C(c3ccc4ccccc4c3O)C2(c2ccc(Cl)cc2)C(=O)N1Nc1ncc(C(F)(F)F)cc1Cl. The summed E-state index contributed by atoms with van der Waals surface area (Å²) in [5.41, 5.74) is 2.31. The highest BCUT2D eigenvalue weighted by molar-refractivity contribution is 6.33. The summed E-state index contributed by atoms with van der Waals surface area (Å²) >= 11 is 12.7.